The summed E-state index contributed by atoms with van der Waals surface area (Å²) >= 11 is 6.00. The van der Waals surface area contributed by atoms with Gasteiger partial charge in [0.2, 0.25) is 0 Å². The first-order valence-electron chi connectivity index (χ1n) is 7.48. The molecule has 0 aliphatic heterocycles. The molecule has 0 unspecified atom stereocenters. The summed E-state index contributed by atoms with van der Waals surface area (Å²) < 4.78 is 19.4. The fraction of sp³-hybridized carbons (Fsp3) is 0.333. The summed E-state index contributed by atoms with van der Waals surface area (Å²) in [6.07, 6.45) is 1.09. The van der Waals surface area contributed by atoms with Gasteiger partial charge in [-0.25, -0.2) is 4.39 Å². The van der Waals surface area contributed by atoms with Crippen molar-refractivity contribution in [3.63, 3.8) is 0 Å². The third kappa shape index (κ3) is 4.72. The van der Waals surface area contributed by atoms with Gasteiger partial charge >= 0.3 is 0 Å². The zero-order chi connectivity index (χ0) is 15.9. The molecular formula is C18H21ClFNO. The largest absolute Gasteiger partial charge is 0.489 e. The molecule has 0 fully saturated rings. The van der Waals surface area contributed by atoms with E-state index in [2.05, 4.69) is 19.2 Å². The van der Waals surface area contributed by atoms with Crippen LogP contribution in [0.1, 0.15) is 31.4 Å². The molecule has 0 aromatic heterocycles. The van der Waals surface area contributed by atoms with E-state index in [0.717, 1.165) is 18.5 Å². The Morgan fingerprint density at radius 3 is 2.73 bits per heavy atom. The fourth-order valence-corrected chi connectivity index (χ4v) is 2.22. The van der Waals surface area contributed by atoms with Gasteiger partial charge in [0.25, 0.3) is 0 Å². The van der Waals surface area contributed by atoms with Crippen LogP contribution in [0.15, 0.2) is 42.5 Å². The standard InChI is InChI=1S/C18H21ClFNO/c1-3-13(2)21-11-14-6-4-7-15(10-14)22-12-16-17(19)8-5-9-18(16)20/h4-10,13,21H,3,11-12H2,1-2H3/t13-/m1/s1. The highest BCUT2D eigenvalue weighted by atomic mass is 35.5. The van der Waals surface area contributed by atoms with Crippen LogP contribution in [-0.2, 0) is 13.2 Å². The van der Waals surface area contributed by atoms with Crippen molar-refractivity contribution < 1.29 is 9.13 Å². The van der Waals surface area contributed by atoms with Crippen LogP contribution in [0.3, 0.4) is 0 Å². The molecule has 22 heavy (non-hydrogen) atoms. The second kappa shape index (κ2) is 8.16. The lowest BCUT2D eigenvalue weighted by molar-refractivity contribution is 0.299. The van der Waals surface area contributed by atoms with Gasteiger partial charge in [-0.3, -0.25) is 0 Å². The van der Waals surface area contributed by atoms with E-state index in [0.29, 0.717) is 22.4 Å². The Morgan fingerprint density at radius 2 is 2.00 bits per heavy atom. The van der Waals surface area contributed by atoms with Crippen molar-refractivity contribution in [2.75, 3.05) is 0 Å². The van der Waals surface area contributed by atoms with Crippen molar-refractivity contribution >= 4 is 11.6 Å². The molecule has 4 heteroatoms. The summed E-state index contributed by atoms with van der Waals surface area (Å²) in [6.45, 7) is 5.20. The first-order chi connectivity index (χ1) is 10.6. The number of halogens is 2. The van der Waals surface area contributed by atoms with Gasteiger partial charge < -0.3 is 10.1 Å². The Hall–Kier alpha value is -1.58. The Kier molecular flexibility index (Phi) is 6.22. The minimum absolute atomic E-state index is 0.119. The zero-order valence-corrected chi connectivity index (χ0v) is 13.7. The van der Waals surface area contributed by atoms with E-state index in [1.165, 1.54) is 6.07 Å². The SMILES string of the molecule is CC[C@@H](C)NCc1cccc(OCc2c(F)cccc2Cl)c1. The Bertz CT molecular complexity index is 598. The van der Waals surface area contributed by atoms with E-state index in [-0.39, 0.29) is 12.4 Å². The predicted octanol–water partition coefficient (Wildman–Crippen LogP) is 4.95. The normalized spacial score (nSPS) is 12.2. The number of nitrogens with one attached hydrogen (secondary N) is 1. The van der Waals surface area contributed by atoms with Gasteiger partial charge in [-0.2, -0.15) is 0 Å². The highest BCUT2D eigenvalue weighted by Crippen LogP contribution is 2.22. The van der Waals surface area contributed by atoms with E-state index < -0.39 is 0 Å². The summed E-state index contributed by atoms with van der Waals surface area (Å²) in [6, 6.07) is 12.9. The van der Waals surface area contributed by atoms with Gasteiger partial charge in [-0.15, -0.1) is 0 Å². The molecule has 0 radical (unpaired) electrons. The Balaban J connectivity index is 1.98. The average Bonchev–Trinajstić information content (AvgIpc) is 2.52. The lowest BCUT2D eigenvalue weighted by Gasteiger charge is -2.13. The predicted molar refractivity (Wildman–Crippen MR) is 88.8 cm³/mol. The van der Waals surface area contributed by atoms with Crippen LogP contribution < -0.4 is 10.1 Å². The molecule has 0 aliphatic rings. The molecule has 1 atom stereocenters. The third-order valence-corrected chi connectivity index (χ3v) is 3.96. The zero-order valence-electron chi connectivity index (χ0n) is 12.9. The van der Waals surface area contributed by atoms with Crippen molar-refractivity contribution in [3.8, 4) is 5.75 Å². The maximum atomic E-state index is 13.7. The van der Waals surface area contributed by atoms with Crippen LogP contribution in [0.25, 0.3) is 0 Å². The second-order valence-corrected chi connectivity index (χ2v) is 5.73. The molecule has 2 aromatic carbocycles. The van der Waals surface area contributed by atoms with Crippen molar-refractivity contribution in [2.24, 2.45) is 0 Å². The van der Waals surface area contributed by atoms with Crippen molar-refractivity contribution in [3.05, 3.63) is 64.4 Å². The monoisotopic (exact) mass is 321 g/mol. The quantitative estimate of drug-likeness (QED) is 0.779. The molecule has 1 N–H and O–H groups in total. The fourth-order valence-electron chi connectivity index (χ4n) is 2.01. The highest BCUT2D eigenvalue weighted by molar-refractivity contribution is 6.31. The van der Waals surface area contributed by atoms with E-state index in [1.807, 2.05) is 24.3 Å². The van der Waals surface area contributed by atoms with Gasteiger partial charge in [0, 0.05) is 18.2 Å². The van der Waals surface area contributed by atoms with Crippen LogP contribution in [0.5, 0.6) is 5.75 Å². The first kappa shape index (κ1) is 16.8. The molecule has 0 bridgehead atoms. The lowest BCUT2D eigenvalue weighted by Crippen LogP contribution is -2.24. The van der Waals surface area contributed by atoms with Gasteiger partial charge in [0.15, 0.2) is 0 Å². The minimum Gasteiger partial charge on any atom is -0.489 e. The molecule has 0 saturated heterocycles. The number of hydrogen-bond donors (Lipinski definition) is 1. The van der Waals surface area contributed by atoms with Gasteiger partial charge in [-0.05, 0) is 43.2 Å². The summed E-state index contributed by atoms with van der Waals surface area (Å²) in [7, 11) is 0. The Morgan fingerprint density at radius 1 is 1.23 bits per heavy atom. The molecule has 0 aliphatic carbocycles. The minimum atomic E-state index is -0.345. The smallest absolute Gasteiger partial charge is 0.131 e. The van der Waals surface area contributed by atoms with Crippen LogP contribution in [0.2, 0.25) is 5.02 Å². The number of rotatable bonds is 7. The highest BCUT2D eigenvalue weighted by Gasteiger charge is 2.08. The molecule has 2 nitrogen and oxygen atoms in total. The van der Waals surface area contributed by atoms with Crippen molar-refractivity contribution in [1.29, 1.82) is 0 Å². The summed E-state index contributed by atoms with van der Waals surface area (Å²) in [5.74, 6) is 0.366. The molecule has 0 amide bonds. The number of hydrogen-bond acceptors (Lipinski definition) is 2. The molecule has 118 valence electrons. The molecule has 0 spiro atoms. The van der Waals surface area contributed by atoms with E-state index in [1.54, 1.807) is 12.1 Å². The topological polar surface area (TPSA) is 21.3 Å². The van der Waals surface area contributed by atoms with Gasteiger partial charge in [-0.1, -0.05) is 36.7 Å². The molecule has 2 aromatic rings. The maximum Gasteiger partial charge on any atom is 0.131 e. The van der Waals surface area contributed by atoms with Crippen LogP contribution in [-0.4, -0.2) is 6.04 Å². The molecule has 0 saturated carbocycles. The van der Waals surface area contributed by atoms with Crippen molar-refractivity contribution in [1.82, 2.24) is 5.32 Å². The molecule has 0 heterocycles. The molecule has 2 rings (SSSR count). The van der Waals surface area contributed by atoms with E-state index in [4.69, 9.17) is 16.3 Å². The summed E-state index contributed by atoms with van der Waals surface area (Å²) in [5, 5.41) is 3.82. The van der Waals surface area contributed by atoms with Gasteiger partial charge in [0.1, 0.15) is 18.2 Å². The van der Waals surface area contributed by atoms with E-state index >= 15 is 0 Å². The van der Waals surface area contributed by atoms with Crippen LogP contribution in [0, 0.1) is 5.82 Å². The summed E-state index contributed by atoms with van der Waals surface area (Å²) in [4.78, 5) is 0. The van der Waals surface area contributed by atoms with Crippen molar-refractivity contribution in [2.45, 2.75) is 39.5 Å². The first-order valence-corrected chi connectivity index (χ1v) is 7.86. The number of benzene rings is 2. The number of ether oxygens (including phenoxy) is 1. The van der Waals surface area contributed by atoms with E-state index in [9.17, 15) is 4.39 Å². The molecular weight excluding hydrogens is 301 g/mol. The average molecular weight is 322 g/mol. The third-order valence-electron chi connectivity index (χ3n) is 3.61. The Labute approximate surface area is 136 Å². The van der Waals surface area contributed by atoms with Crippen LogP contribution in [0.4, 0.5) is 4.39 Å². The van der Waals surface area contributed by atoms with Gasteiger partial charge in [0.05, 0.1) is 5.02 Å². The summed E-state index contributed by atoms with van der Waals surface area (Å²) in [5.41, 5.74) is 1.52. The second-order valence-electron chi connectivity index (χ2n) is 5.33. The lowest BCUT2D eigenvalue weighted by atomic mass is 10.2. The van der Waals surface area contributed by atoms with Crippen LogP contribution >= 0.6 is 11.6 Å². The maximum absolute atomic E-state index is 13.7.